The van der Waals surface area contributed by atoms with Crippen LogP contribution >= 0.6 is 27.3 Å². The largest absolute Gasteiger partial charge is 0.291 e. The molecule has 3 rings (SSSR count). The summed E-state index contributed by atoms with van der Waals surface area (Å²) in [6.07, 6.45) is 3.32. The normalized spacial score (nSPS) is 14.6. The first-order valence-electron chi connectivity index (χ1n) is 6.50. The molecule has 0 fully saturated rings. The fraction of sp³-hybridized carbons (Fsp3) is 0.250. The van der Waals surface area contributed by atoms with Crippen LogP contribution in [0.3, 0.4) is 0 Å². The molecule has 0 amide bonds. The number of aryl methyl sites for hydroxylation is 2. The van der Waals surface area contributed by atoms with E-state index in [1.165, 1.54) is 16.9 Å². The van der Waals surface area contributed by atoms with Crippen LogP contribution in [0.5, 0.6) is 0 Å². The number of carbonyl (C=O) groups excluding carboxylic acids is 1. The van der Waals surface area contributed by atoms with E-state index in [0.717, 1.165) is 27.8 Å². The van der Waals surface area contributed by atoms with Gasteiger partial charge in [-0.25, -0.2) is 0 Å². The topological polar surface area (TPSA) is 40.9 Å². The maximum Gasteiger partial charge on any atom is 0.194 e. The molecule has 4 heteroatoms. The number of fused-ring (bicyclic) bond motifs is 1. The molecule has 1 aliphatic carbocycles. The van der Waals surface area contributed by atoms with Gasteiger partial charge in [0.05, 0.1) is 10.9 Å². The van der Waals surface area contributed by atoms with E-state index in [9.17, 15) is 10.1 Å². The molecule has 20 heavy (non-hydrogen) atoms. The van der Waals surface area contributed by atoms with Crippen molar-refractivity contribution in [1.29, 1.82) is 5.26 Å². The first-order chi connectivity index (χ1) is 9.69. The summed E-state index contributed by atoms with van der Waals surface area (Å²) in [6, 6.07) is 11.5. The lowest BCUT2D eigenvalue weighted by molar-refractivity contribution is 0.0982. The molecule has 1 aromatic heterocycles. The predicted octanol–water partition coefficient (Wildman–Crippen LogP) is 4.49. The second kappa shape index (κ2) is 5.51. The van der Waals surface area contributed by atoms with E-state index in [2.05, 4.69) is 22.0 Å². The summed E-state index contributed by atoms with van der Waals surface area (Å²) in [4.78, 5) is 14.6. The minimum Gasteiger partial charge on any atom is -0.291 e. The molecule has 0 spiro atoms. The second-order valence-corrected chi connectivity index (χ2v) is 6.95. The van der Waals surface area contributed by atoms with Gasteiger partial charge in [-0.3, -0.25) is 4.79 Å². The lowest BCUT2D eigenvalue weighted by Crippen LogP contribution is -2.09. The zero-order valence-electron chi connectivity index (χ0n) is 10.7. The van der Waals surface area contributed by atoms with Gasteiger partial charge >= 0.3 is 0 Å². The third-order valence-corrected chi connectivity index (χ3v) is 5.31. The molecule has 100 valence electrons. The Labute approximate surface area is 130 Å². The quantitative estimate of drug-likeness (QED) is 0.769. The highest BCUT2D eigenvalue weighted by atomic mass is 79.9. The van der Waals surface area contributed by atoms with Crippen LogP contribution in [-0.4, -0.2) is 5.78 Å². The van der Waals surface area contributed by atoms with Gasteiger partial charge < -0.3 is 0 Å². The van der Waals surface area contributed by atoms with Crippen molar-refractivity contribution in [3.63, 3.8) is 0 Å². The number of benzene rings is 1. The summed E-state index contributed by atoms with van der Waals surface area (Å²) in [5, 5.41) is 9.37. The van der Waals surface area contributed by atoms with Gasteiger partial charge in [0.2, 0.25) is 0 Å². The Morgan fingerprint density at radius 3 is 2.90 bits per heavy atom. The summed E-state index contributed by atoms with van der Waals surface area (Å²) in [6.45, 7) is 0. The molecule has 1 aromatic carbocycles. The molecule has 1 heterocycles. The van der Waals surface area contributed by atoms with E-state index in [4.69, 9.17) is 0 Å². The van der Waals surface area contributed by atoms with Gasteiger partial charge in [-0.2, -0.15) is 5.26 Å². The molecule has 0 aliphatic heterocycles. The third-order valence-electron chi connectivity index (χ3n) is 3.56. The van der Waals surface area contributed by atoms with Crippen molar-refractivity contribution in [3.05, 3.63) is 55.7 Å². The van der Waals surface area contributed by atoms with Crippen molar-refractivity contribution in [2.45, 2.75) is 25.2 Å². The maximum absolute atomic E-state index is 12.6. The van der Waals surface area contributed by atoms with Crippen LogP contribution in [0.15, 0.2) is 34.8 Å². The molecule has 0 radical (unpaired) electrons. The maximum atomic E-state index is 12.6. The predicted molar refractivity (Wildman–Crippen MR) is 83.2 cm³/mol. The van der Waals surface area contributed by atoms with E-state index in [1.54, 1.807) is 11.3 Å². The van der Waals surface area contributed by atoms with Crippen molar-refractivity contribution < 1.29 is 4.79 Å². The Morgan fingerprint density at radius 1 is 1.35 bits per heavy atom. The van der Waals surface area contributed by atoms with E-state index in [0.29, 0.717) is 0 Å². The number of thiophene rings is 1. The number of carbonyl (C=O) groups is 1. The zero-order chi connectivity index (χ0) is 14.1. The van der Waals surface area contributed by atoms with Gasteiger partial charge in [0, 0.05) is 9.35 Å². The monoisotopic (exact) mass is 345 g/mol. The highest BCUT2D eigenvalue weighted by molar-refractivity contribution is 9.10. The van der Waals surface area contributed by atoms with E-state index >= 15 is 0 Å². The van der Waals surface area contributed by atoms with E-state index < -0.39 is 5.92 Å². The van der Waals surface area contributed by atoms with Gasteiger partial charge in [-0.15, -0.1) is 11.3 Å². The van der Waals surface area contributed by atoms with Crippen molar-refractivity contribution in [2.24, 2.45) is 0 Å². The lowest BCUT2D eigenvalue weighted by atomic mass is 9.95. The SMILES string of the molecule is N#CC(C(=O)c1cc2c(s1)CCC2)c1cccc(Br)c1. The Bertz CT molecular complexity index is 692. The molecule has 0 saturated carbocycles. The molecule has 2 nitrogen and oxygen atoms in total. The summed E-state index contributed by atoms with van der Waals surface area (Å²) in [5.74, 6) is -0.795. The zero-order valence-corrected chi connectivity index (χ0v) is 13.1. The van der Waals surface area contributed by atoms with Crippen LogP contribution in [0, 0.1) is 11.3 Å². The number of nitrogens with zero attached hydrogens (tertiary/aromatic N) is 1. The number of rotatable bonds is 3. The van der Waals surface area contributed by atoms with Crippen LogP contribution < -0.4 is 0 Å². The number of nitriles is 1. The number of hydrogen-bond acceptors (Lipinski definition) is 3. The fourth-order valence-electron chi connectivity index (χ4n) is 2.56. The van der Waals surface area contributed by atoms with Gasteiger partial charge in [0.15, 0.2) is 5.78 Å². The van der Waals surface area contributed by atoms with E-state index in [1.807, 2.05) is 30.3 Å². The van der Waals surface area contributed by atoms with Crippen LogP contribution in [0.4, 0.5) is 0 Å². The summed E-state index contributed by atoms with van der Waals surface area (Å²) in [7, 11) is 0. The molecule has 1 atom stereocenters. The van der Waals surface area contributed by atoms with Crippen LogP contribution in [0.25, 0.3) is 0 Å². The van der Waals surface area contributed by atoms with E-state index in [-0.39, 0.29) is 5.78 Å². The van der Waals surface area contributed by atoms with Crippen LogP contribution in [0.1, 0.15) is 38.0 Å². The molecule has 2 aromatic rings. The minimum atomic E-state index is -0.716. The van der Waals surface area contributed by atoms with Gasteiger partial charge in [-0.1, -0.05) is 28.1 Å². The Morgan fingerprint density at radius 2 is 2.20 bits per heavy atom. The highest BCUT2D eigenvalue weighted by Gasteiger charge is 2.26. The highest BCUT2D eigenvalue weighted by Crippen LogP contribution is 2.33. The molecule has 1 aliphatic rings. The van der Waals surface area contributed by atoms with Gasteiger partial charge in [0.1, 0.15) is 5.92 Å². The standard InChI is InChI=1S/C16H12BrNOS/c17-12-5-1-3-10(7-12)13(9-18)16(19)15-8-11-4-2-6-14(11)20-15/h1,3,5,7-8,13H,2,4,6H2. The first-order valence-corrected chi connectivity index (χ1v) is 8.11. The Hall–Kier alpha value is -1.44. The van der Waals surface area contributed by atoms with Crippen molar-refractivity contribution in [2.75, 3.05) is 0 Å². The lowest BCUT2D eigenvalue weighted by Gasteiger charge is -2.07. The molecular formula is C16H12BrNOS. The molecule has 1 unspecified atom stereocenters. The molecule has 0 saturated heterocycles. The second-order valence-electron chi connectivity index (χ2n) is 4.89. The van der Waals surface area contributed by atoms with Crippen LogP contribution in [0.2, 0.25) is 0 Å². The molecular weight excluding hydrogens is 334 g/mol. The fourth-order valence-corrected chi connectivity index (χ4v) is 4.20. The Kier molecular flexibility index (Phi) is 3.73. The number of Topliss-reactive ketones (excluding diaryl/α,β-unsaturated/α-hetero) is 1. The summed E-state index contributed by atoms with van der Waals surface area (Å²) in [5.41, 5.74) is 2.05. The summed E-state index contributed by atoms with van der Waals surface area (Å²) < 4.78 is 0.886. The number of ketones is 1. The van der Waals surface area contributed by atoms with Crippen molar-refractivity contribution >= 4 is 33.0 Å². The van der Waals surface area contributed by atoms with Crippen molar-refractivity contribution in [1.82, 2.24) is 0 Å². The first kappa shape index (κ1) is 13.5. The average Bonchev–Trinajstić information content (AvgIpc) is 3.00. The molecule has 0 bridgehead atoms. The summed E-state index contributed by atoms with van der Waals surface area (Å²) >= 11 is 4.94. The smallest absolute Gasteiger partial charge is 0.194 e. The average molecular weight is 346 g/mol. The molecule has 0 N–H and O–H groups in total. The Balaban J connectivity index is 1.93. The van der Waals surface area contributed by atoms with Crippen molar-refractivity contribution in [3.8, 4) is 6.07 Å². The number of hydrogen-bond donors (Lipinski definition) is 0. The van der Waals surface area contributed by atoms with Crippen LogP contribution in [-0.2, 0) is 12.8 Å². The minimum absolute atomic E-state index is 0.0787. The number of halogens is 1. The third kappa shape index (κ3) is 2.44. The van der Waals surface area contributed by atoms with Gasteiger partial charge in [-0.05, 0) is 48.6 Å². The van der Waals surface area contributed by atoms with Gasteiger partial charge in [0.25, 0.3) is 0 Å².